The van der Waals surface area contributed by atoms with Gasteiger partial charge in [0, 0.05) is 23.8 Å². The van der Waals surface area contributed by atoms with Crippen molar-refractivity contribution in [3.8, 4) is 5.75 Å². The van der Waals surface area contributed by atoms with Gasteiger partial charge in [-0.25, -0.2) is 0 Å². The summed E-state index contributed by atoms with van der Waals surface area (Å²) < 4.78 is 0. The van der Waals surface area contributed by atoms with Crippen LogP contribution in [0.15, 0.2) is 18.2 Å². The topological polar surface area (TPSA) is 60.8 Å². The molecule has 4 nitrogen and oxygen atoms in total. The molecule has 1 aromatic carbocycles. The molecule has 0 heterocycles. The van der Waals surface area contributed by atoms with Gasteiger partial charge < -0.3 is 15.1 Å². The van der Waals surface area contributed by atoms with Crippen molar-refractivity contribution in [1.29, 1.82) is 0 Å². The quantitative estimate of drug-likeness (QED) is 0.176. The summed E-state index contributed by atoms with van der Waals surface area (Å²) in [6.45, 7) is 6.77. The Balaban J connectivity index is 1.55. The Morgan fingerprint density at radius 2 is 1.74 bits per heavy atom. The average molecular weight is 605 g/mol. The van der Waals surface area contributed by atoms with Crippen LogP contribution in [0.1, 0.15) is 128 Å². The minimum atomic E-state index is -0.346. The van der Waals surface area contributed by atoms with E-state index in [1.54, 1.807) is 0 Å². The molecule has 2 N–H and O–H groups in total. The maximum absolute atomic E-state index is 14.2. The smallest absolute Gasteiger partial charge is 0.225 e. The largest absolute Gasteiger partial charge is 0.508 e. The lowest BCUT2D eigenvalue weighted by atomic mass is 9.54. The van der Waals surface area contributed by atoms with Crippen molar-refractivity contribution in [2.45, 2.75) is 140 Å². The number of amides is 1. The fraction of sp³-hybridized carbons (Fsp3) is 0.794. The van der Waals surface area contributed by atoms with Gasteiger partial charge in [0.05, 0.1) is 6.10 Å². The van der Waals surface area contributed by atoms with Gasteiger partial charge in [-0.05, 0) is 85.0 Å². The second-order valence-corrected chi connectivity index (χ2v) is 14.6. The number of aliphatic hydroxyl groups excluding tert-OH is 1. The van der Waals surface area contributed by atoms with Crippen LogP contribution in [0.5, 0.6) is 5.75 Å². The molecule has 1 amide bonds. The van der Waals surface area contributed by atoms with Crippen LogP contribution in [-0.2, 0) is 11.2 Å². The molecule has 39 heavy (non-hydrogen) atoms. The molecule has 8 atom stereocenters. The molecule has 4 rings (SSSR count). The second kappa shape index (κ2) is 13.7. The maximum Gasteiger partial charge on any atom is 0.225 e. The van der Waals surface area contributed by atoms with Crippen LogP contribution < -0.4 is 0 Å². The Labute approximate surface area is 246 Å². The number of likely N-dealkylation sites (N-methyl/N-ethyl adjacent to an activating group) is 1. The molecule has 0 aromatic heterocycles. The highest BCUT2D eigenvalue weighted by molar-refractivity contribution is 9.09. The predicted octanol–water partition coefficient (Wildman–Crippen LogP) is 8.37. The standard InChI is InChI=1S/C34H54BrNO3/c1-5-7-9-10-11-12-13-15-23(14-8-6-2)33(39)36(4)30-21-24-20-25(37)16-17-26(24)27-18-19-34(3)28(31(27)30)22-29(35)32(34)38/h16-17,20,23,27-32,37-38H,5-15,18-19,21-22H2,1-4H3/t23?,27-,28+,29-,30-,31-,32+,34+/m1/s1. The molecular weight excluding hydrogens is 550 g/mol. The Morgan fingerprint density at radius 1 is 1.08 bits per heavy atom. The maximum atomic E-state index is 14.2. The van der Waals surface area contributed by atoms with Gasteiger partial charge in [-0.2, -0.15) is 0 Å². The lowest BCUT2D eigenvalue weighted by Crippen LogP contribution is -2.55. The Morgan fingerprint density at radius 3 is 2.46 bits per heavy atom. The van der Waals surface area contributed by atoms with Crippen LogP contribution in [0.3, 0.4) is 0 Å². The third-order valence-electron chi connectivity index (χ3n) is 10.9. The van der Waals surface area contributed by atoms with Crippen LogP contribution in [0.25, 0.3) is 0 Å². The van der Waals surface area contributed by atoms with Gasteiger partial charge in [0.1, 0.15) is 5.75 Å². The molecule has 0 radical (unpaired) electrons. The van der Waals surface area contributed by atoms with Gasteiger partial charge in [0.2, 0.25) is 5.91 Å². The summed E-state index contributed by atoms with van der Waals surface area (Å²) in [6.07, 6.45) is 16.6. The molecule has 5 heteroatoms. The number of carbonyl (C=O) groups excluding carboxylic acids is 1. The van der Waals surface area contributed by atoms with E-state index in [0.717, 1.165) is 57.8 Å². The Hall–Kier alpha value is -1.07. The third kappa shape index (κ3) is 6.55. The number of alkyl halides is 1. The van der Waals surface area contributed by atoms with Crippen LogP contribution in [0.4, 0.5) is 0 Å². The number of aliphatic hydroxyl groups is 1. The number of benzene rings is 1. The van der Waals surface area contributed by atoms with Crippen molar-refractivity contribution in [3.63, 3.8) is 0 Å². The number of unbranched alkanes of at least 4 members (excludes halogenated alkanes) is 7. The molecule has 0 spiro atoms. The van der Waals surface area contributed by atoms with E-state index in [2.05, 4.69) is 54.7 Å². The summed E-state index contributed by atoms with van der Waals surface area (Å²) in [6, 6.07) is 6.00. The first-order chi connectivity index (χ1) is 18.7. The molecular formula is C34H54BrNO3. The zero-order valence-corrected chi connectivity index (χ0v) is 26.6. The molecule has 2 fully saturated rings. The second-order valence-electron chi connectivity index (χ2n) is 13.4. The minimum absolute atomic E-state index is 0.0997. The number of aromatic hydroxyl groups is 1. The number of fused-ring (bicyclic) bond motifs is 5. The normalized spacial score (nSPS) is 32.3. The highest BCUT2D eigenvalue weighted by atomic mass is 79.9. The molecule has 3 aliphatic rings. The minimum Gasteiger partial charge on any atom is -0.508 e. The number of phenols is 1. The number of rotatable bonds is 13. The fourth-order valence-corrected chi connectivity index (χ4v) is 9.58. The monoisotopic (exact) mass is 603 g/mol. The molecule has 0 bridgehead atoms. The zero-order valence-electron chi connectivity index (χ0n) is 25.0. The Bertz CT molecular complexity index is 952. The van der Waals surface area contributed by atoms with E-state index < -0.39 is 0 Å². The number of nitrogens with zero attached hydrogens (tertiary/aromatic N) is 1. The third-order valence-corrected chi connectivity index (χ3v) is 11.8. The number of halogens is 1. The zero-order chi connectivity index (χ0) is 28.2. The fourth-order valence-electron chi connectivity index (χ4n) is 8.57. The first-order valence-corrected chi connectivity index (χ1v) is 17.0. The number of hydrogen-bond acceptors (Lipinski definition) is 3. The van der Waals surface area contributed by atoms with E-state index in [-0.39, 0.29) is 28.3 Å². The van der Waals surface area contributed by atoms with E-state index in [9.17, 15) is 15.0 Å². The van der Waals surface area contributed by atoms with Crippen molar-refractivity contribution in [2.24, 2.45) is 23.2 Å². The predicted molar refractivity (Wildman–Crippen MR) is 164 cm³/mol. The van der Waals surface area contributed by atoms with Crippen LogP contribution >= 0.6 is 15.9 Å². The SMILES string of the molecule is CCCCCCCCCC(CCCC)C(=O)N(C)[C@@H]1Cc2cc(O)ccc2[C@H]2CC[C@]3(C)[C@@H](O)[C@H](Br)C[C@H]3[C@@H]21. The summed E-state index contributed by atoms with van der Waals surface area (Å²) in [4.78, 5) is 16.5. The molecule has 0 saturated heterocycles. The number of carbonyl (C=O) groups is 1. The van der Waals surface area contributed by atoms with Crippen molar-refractivity contribution < 1.29 is 15.0 Å². The molecule has 3 aliphatic carbocycles. The number of hydrogen-bond donors (Lipinski definition) is 2. The molecule has 2 saturated carbocycles. The van der Waals surface area contributed by atoms with Gasteiger partial charge in [0.25, 0.3) is 0 Å². The summed E-state index contributed by atoms with van der Waals surface area (Å²) in [5.41, 5.74) is 2.44. The molecule has 1 aromatic rings. The summed E-state index contributed by atoms with van der Waals surface area (Å²) in [5.74, 6) is 1.81. The van der Waals surface area contributed by atoms with Gasteiger partial charge in [-0.15, -0.1) is 0 Å². The van der Waals surface area contributed by atoms with E-state index in [1.807, 2.05) is 12.1 Å². The first-order valence-electron chi connectivity index (χ1n) is 16.1. The molecule has 0 aliphatic heterocycles. The Kier molecular flexibility index (Phi) is 10.9. The van der Waals surface area contributed by atoms with E-state index in [0.29, 0.717) is 29.4 Å². The van der Waals surface area contributed by atoms with Crippen molar-refractivity contribution >= 4 is 21.8 Å². The molecule has 1 unspecified atom stereocenters. The van der Waals surface area contributed by atoms with Crippen LogP contribution in [0, 0.1) is 23.2 Å². The van der Waals surface area contributed by atoms with E-state index >= 15 is 0 Å². The van der Waals surface area contributed by atoms with Crippen LogP contribution in [0.2, 0.25) is 0 Å². The van der Waals surface area contributed by atoms with Gasteiger partial charge in [0.15, 0.2) is 0 Å². The summed E-state index contributed by atoms with van der Waals surface area (Å²) in [7, 11) is 2.06. The van der Waals surface area contributed by atoms with Gasteiger partial charge >= 0.3 is 0 Å². The first kappa shape index (κ1) is 30.9. The average Bonchev–Trinajstić information content (AvgIpc) is 3.16. The van der Waals surface area contributed by atoms with Gasteiger partial charge in [-0.1, -0.05) is 101 Å². The highest BCUT2D eigenvalue weighted by Crippen LogP contribution is 2.62. The lowest BCUT2D eigenvalue weighted by molar-refractivity contribution is -0.140. The number of phenolic OH excluding ortho intramolecular Hbond substituents is 1. The molecule has 220 valence electrons. The van der Waals surface area contributed by atoms with E-state index in [1.165, 1.54) is 49.7 Å². The lowest BCUT2D eigenvalue weighted by Gasteiger charge is -2.54. The van der Waals surface area contributed by atoms with E-state index in [4.69, 9.17) is 0 Å². The van der Waals surface area contributed by atoms with Gasteiger partial charge in [-0.3, -0.25) is 4.79 Å². The van der Waals surface area contributed by atoms with Crippen molar-refractivity contribution in [2.75, 3.05) is 7.05 Å². The highest BCUT2D eigenvalue weighted by Gasteiger charge is 2.60. The van der Waals surface area contributed by atoms with Crippen molar-refractivity contribution in [3.05, 3.63) is 29.3 Å². The van der Waals surface area contributed by atoms with Crippen molar-refractivity contribution in [1.82, 2.24) is 4.90 Å². The van der Waals surface area contributed by atoms with Crippen LogP contribution in [-0.4, -0.2) is 45.0 Å². The summed E-state index contributed by atoms with van der Waals surface area (Å²) >= 11 is 3.82. The summed E-state index contributed by atoms with van der Waals surface area (Å²) in [5, 5.41) is 21.6.